The summed E-state index contributed by atoms with van der Waals surface area (Å²) in [7, 11) is 0. The predicted octanol–water partition coefficient (Wildman–Crippen LogP) is 5.61. The molecule has 2 aromatic rings. The van der Waals surface area contributed by atoms with Gasteiger partial charge in [-0.2, -0.15) is 13.2 Å². The molecule has 1 aliphatic heterocycles. The third-order valence-corrected chi connectivity index (χ3v) is 6.15. The van der Waals surface area contributed by atoms with Crippen LogP contribution in [-0.4, -0.2) is 22.5 Å². The number of alkyl halides is 4. The van der Waals surface area contributed by atoms with Gasteiger partial charge in [0.2, 0.25) is 5.91 Å². The molecule has 2 atom stereocenters. The number of nitro groups is 1. The molecule has 0 radical (unpaired) electrons. The molecular weight excluding hydrogens is 475 g/mol. The van der Waals surface area contributed by atoms with Crippen LogP contribution < -0.4 is 10.2 Å². The summed E-state index contributed by atoms with van der Waals surface area (Å²) in [4.78, 5) is 38.3. The zero-order chi connectivity index (χ0) is 24.8. The number of nitro benzene ring substituents is 1. The van der Waals surface area contributed by atoms with Crippen LogP contribution in [-0.2, 0) is 15.8 Å². The third kappa shape index (κ3) is 4.25. The van der Waals surface area contributed by atoms with E-state index in [0.717, 1.165) is 12.1 Å². The lowest BCUT2D eigenvalue weighted by molar-refractivity contribution is -0.384. The van der Waals surface area contributed by atoms with E-state index in [4.69, 9.17) is 11.6 Å². The van der Waals surface area contributed by atoms with E-state index in [1.165, 1.54) is 35.2 Å². The van der Waals surface area contributed by atoms with Crippen molar-refractivity contribution in [3.63, 3.8) is 0 Å². The van der Waals surface area contributed by atoms with Crippen molar-refractivity contribution in [2.24, 2.45) is 5.92 Å². The molecule has 7 nitrogen and oxygen atoms in total. The number of Topliss-reactive ketones (excluding diaryl/α,β-unsaturated/α-hetero) is 1. The number of nitrogens with zero attached hydrogens (tertiary/aromatic N) is 2. The molecule has 1 amide bonds. The summed E-state index contributed by atoms with van der Waals surface area (Å²) in [6.07, 6.45) is -3.94. The summed E-state index contributed by atoms with van der Waals surface area (Å²) in [5.41, 5.74) is 0.361. The van der Waals surface area contributed by atoms with Crippen LogP contribution in [0, 0.1) is 16.0 Å². The summed E-state index contributed by atoms with van der Waals surface area (Å²) in [5.74, 6) is -1.38. The number of amides is 1. The molecule has 11 heteroatoms. The van der Waals surface area contributed by atoms with Gasteiger partial charge in [-0.25, -0.2) is 0 Å². The summed E-state index contributed by atoms with van der Waals surface area (Å²) in [6, 6.07) is 7.03. The highest BCUT2D eigenvalue weighted by atomic mass is 35.5. The van der Waals surface area contributed by atoms with Gasteiger partial charge in [-0.05, 0) is 36.1 Å². The van der Waals surface area contributed by atoms with Crippen LogP contribution in [0.3, 0.4) is 0 Å². The number of hydrogen-bond donors (Lipinski definition) is 1. The van der Waals surface area contributed by atoms with Crippen molar-refractivity contribution in [2.75, 3.05) is 16.1 Å². The lowest BCUT2D eigenvalue weighted by Crippen LogP contribution is -2.39. The van der Waals surface area contributed by atoms with Gasteiger partial charge in [-0.3, -0.25) is 24.6 Å². The lowest BCUT2D eigenvalue weighted by Gasteiger charge is -2.34. The molecule has 1 aliphatic carbocycles. The number of hydrogen-bond acceptors (Lipinski definition) is 5. The molecule has 4 rings (SSSR count). The molecule has 0 aromatic heterocycles. The third-order valence-electron chi connectivity index (χ3n) is 5.92. The quantitative estimate of drug-likeness (QED) is 0.341. The molecule has 2 aromatic carbocycles. The molecule has 1 N–H and O–H groups in total. The fourth-order valence-electron chi connectivity index (χ4n) is 4.45. The largest absolute Gasteiger partial charge is 0.416 e. The minimum absolute atomic E-state index is 0.0376. The van der Waals surface area contributed by atoms with Crippen molar-refractivity contribution in [2.45, 2.75) is 32.0 Å². The number of carbonyl (C=O) groups is 2. The number of fused-ring (bicyclic) bond motifs is 1. The fourth-order valence-corrected chi connectivity index (χ4v) is 4.58. The Morgan fingerprint density at radius 1 is 1.21 bits per heavy atom. The second kappa shape index (κ2) is 8.75. The van der Waals surface area contributed by atoms with Crippen molar-refractivity contribution in [3.8, 4) is 0 Å². The van der Waals surface area contributed by atoms with Gasteiger partial charge in [-0.15, -0.1) is 11.6 Å². The molecule has 178 valence electrons. The maximum Gasteiger partial charge on any atom is 0.416 e. The van der Waals surface area contributed by atoms with Crippen molar-refractivity contribution in [3.05, 3.63) is 75.0 Å². The number of benzene rings is 2. The average Bonchev–Trinajstić information content (AvgIpc) is 2.91. The molecule has 0 fully saturated rings. The fraction of sp³-hybridized carbons (Fsp3) is 0.304. The van der Waals surface area contributed by atoms with Gasteiger partial charge in [0, 0.05) is 29.8 Å². The molecule has 2 unspecified atom stereocenters. The molecule has 2 aliphatic rings. The van der Waals surface area contributed by atoms with E-state index in [9.17, 15) is 32.9 Å². The Morgan fingerprint density at radius 3 is 2.47 bits per heavy atom. The van der Waals surface area contributed by atoms with E-state index < -0.39 is 34.5 Å². The zero-order valence-corrected chi connectivity index (χ0v) is 18.6. The van der Waals surface area contributed by atoms with E-state index in [-0.39, 0.29) is 46.3 Å². The van der Waals surface area contributed by atoms with Crippen LogP contribution in [0.2, 0.25) is 0 Å². The SMILES string of the molecule is CC1CC(=O)C2=C(C1)Nc1cc([N+](=O)[O-])ccc1N(C(=O)CCl)C2c1ccc(C(F)(F)F)cc1. The summed E-state index contributed by atoms with van der Waals surface area (Å²) in [5, 5.41) is 14.4. The van der Waals surface area contributed by atoms with Crippen molar-refractivity contribution in [1.82, 2.24) is 0 Å². The summed E-state index contributed by atoms with van der Waals surface area (Å²) in [6.45, 7) is 1.87. The first kappa shape index (κ1) is 23.7. The molecule has 34 heavy (non-hydrogen) atoms. The van der Waals surface area contributed by atoms with Crippen molar-refractivity contribution in [1.29, 1.82) is 0 Å². The van der Waals surface area contributed by atoms with E-state index in [0.29, 0.717) is 12.1 Å². The van der Waals surface area contributed by atoms with Crippen LogP contribution in [0.4, 0.5) is 30.2 Å². The second-order valence-electron chi connectivity index (χ2n) is 8.33. The van der Waals surface area contributed by atoms with Gasteiger partial charge >= 0.3 is 6.18 Å². The van der Waals surface area contributed by atoms with Crippen LogP contribution >= 0.6 is 11.6 Å². The zero-order valence-electron chi connectivity index (χ0n) is 17.9. The minimum Gasteiger partial charge on any atom is -0.357 e. The Bertz CT molecular complexity index is 1210. The van der Waals surface area contributed by atoms with Gasteiger partial charge in [0.25, 0.3) is 5.69 Å². The van der Waals surface area contributed by atoms with E-state index in [1.54, 1.807) is 0 Å². The van der Waals surface area contributed by atoms with E-state index in [2.05, 4.69) is 5.32 Å². The van der Waals surface area contributed by atoms with Crippen LogP contribution in [0.5, 0.6) is 0 Å². The highest BCUT2D eigenvalue weighted by Gasteiger charge is 2.41. The van der Waals surface area contributed by atoms with E-state index >= 15 is 0 Å². The number of anilines is 2. The monoisotopic (exact) mass is 493 g/mol. The van der Waals surface area contributed by atoms with Crippen LogP contribution in [0.15, 0.2) is 53.7 Å². The first-order valence-electron chi connectivity index (χ1n) is 10.4. The Labute approximate surface area is 197 Å². The Balaban J connectivity index is 1.98. The second-order valence-corrected chi connectivity index (χ2v) is 8.60. The molecule has 0 saturated heterocycles. The van der Waals surface area contributed by atoms with Gasteiger partial charge in [-0.1, -0.05) is 19.1 Å². The smallest absolute Gasteiger partial charge is 0.357 e. The molecule has 0 saturated carbocycles. The van der Waals surface area contributed by atoms with Crippen LogP contribution in [0.25, 0.3) is 0 Å². The molecule has 0 spiro atoms. The number of halogens is 4. The minimum atomic E-state index is -4.55. The maximum atomic E-state index is 13.2. The Hall–Kier alpha value is -3.40. The molecule has 0 bridgehead atoms. The summed E-state index contributed by atoms with van der Waals surface area (Å²) >= 11 is 5.89. The number of ketones is 1. The number of rotatable bonds is 3. The summed E-state index contributed by atoms with van der Waals surface area (Å²) < 4.78 is 39.4. The lowest BCUT2D eigenvalue weighted by atomic mass is 9.81. The number of carbonyl (C=O) groups excluding carboxylic acids is 2. The van der Waals surface area contributed by atoms with Crippen molar-refractivity contribution < 1.29 is 27.7 Å². The van der Waals surface area contributed by atoms with Crippen molar-refractivity contribution >= 4 is 40.4 Å². The normalized spacial score (nSPS) is 20.3. The Kier molecular flexibility index (Phi) is 6.11. The predicted molar refractivity (Wildman–Crippen MR) is 120 cm³/mol. The first-order chi connectivity index (χ1) is 16.0. The highest BCUT2D eigenvalue weighted by Crippen LogP contribution is 2.47. The van der Waals surface area contributed by atoms with Gasteiger partial charge in [0.1, 0.15) is 5.88 Å². The van der Waals surface area contributed by atoms with Gasteiger partial charge in [0.15, 0.2) is 5.78 Å². The highest BCUT2D eigenvalue weighted by molar-refractivity contribution is 6.30. The van der Waals surface area contributed by atoms with Crippen LogP contribution in [0.1, 0.15) is 36.9 Å². The number of non-ortho nitro benzene ring substituents is 1. The standard InChI is InChI=1S/C23H19ClF3N3O4/c1-12-8-17-21(19(31)9-12)22(13-2-4-14(5-3-13)23(25,26)27)29(20(32)11-24)18-7-6-15(30(33)34)10-16(18)28-17/h2-7,10,12,22,28H,8-9,11H2,1H3. The van der Waals surface area contributed by atoms with Gasteiger partial charge < -0.3 is 5.32 Å². The Morgan fingerprint density at radius 2 is 1.88 bits per heavy atom. The van der Waals surface area contributed by atoms with E-state index in [1.807, 2.05) is 6.92 Å². The average molecular weight is 494 g/mol. The number of nitrogens with one attached hydrogen (secondary N) is 1. The topological polar surface area (TPSA) is 92.5 Å². The van der Waals surface area contributed by atoms with Gasteiger partial charge in [0.05, 0.1) is 27.9 Å². The first-order valence-corrected chi connectivity index (χ1v) is 10.9. The molecular formula is C23H19ClF3N3O4. The molecule has 1 heterocycles. The number of allylic oxidation sites excluding steroid dienone is 1. The maximum absolute atomic E-state index is 13.2.